The van der Waals surface area contributed by atoms with Gasteiger partial charge in [0, 0.05) is 52.2 Å². The van der Waals surface area contributed by atoms with E-state index in [1.807, 2.05) is 25.8 Å². The fraction of sp³-hybridized carbons (Fsp3) is 0.611. The number of amides is 1. The molecule has 1 unspecified atom stereocenters. The predicted molar refractivity (Wildman–Crippen MR) is 125 cm³/mol. The van der Waals surface area contributed by atoms with Crippen LogP contribution in [-0.4, -0.2) is 75.8 Å². The van der Waals surface area contributed by atoms with Crippen molar-refractivity contribution in [3.63, 3.8) is 0 Å². The maximum atomic E-state index is 12.1. The summed E-state index contributed by atoms with van der Waals surface area (Å²) in [4.78, 5) is 26.8. The summed E-state index contributed by atoms with van der Waals surface area (Å²) in [6, 6.07) is 0.221. The molecule has 0 radical (unpaired) electrons. The number of guanidine groups is 1. The van der Waals surface area contributed by atoms with Gasteiger partial charge in [0.1, 0.15) is 12.1 Å². The number of nitrogens with one attached hydrogen (secondary N) is 3. The summed E-state index contributed by atoms with van der Waals surface area (Å²) in [5, 5.41) is 15.1. The van der Waals surface area contributed by atoms with E-state index >= 15 is 0 Å². The molecular formula is C18H30IN9O. The molecule has 1 fully saturated rings. The van der Waals surface area contributed by atoms with Crippen LogP contribution in [0.25, 0.3) is 11.0 Å². The van der Waals surface area contributed by atoms with Gasteiger partial charge in [-0.15, -0.1) is 24.0 Å². The molecule has 1 aliphatic heterocycles. The summed E-state index contributed by atoms with van der Waals surface area (Å²) in [6.45, 7) is 6.73. The van der Waals surface area contributed by atoms with Gasteiger partial charge in [0.05, 0.1) is 11.6 Å². The first-order valence-corrected chi connectivity index (χ1v) is 9.62. The van der Waals surface area contributed by atoms with Crippen LogP contribution in [0.5, 0.6) is 0 Å². The fourth-order valence-electron chi connectivity index (χ4n) is 3.30. The molecule has 1 saturated heterocycles. The molecule has 3 rings (SSSR count). The molecular weight excluding hydrogens is 485 g/mol. The third-order valence-electron chi connectivity index (χ3n) is 4.80. The number of aliphatic imine (C=N–C) groups is 1. The minimum Gasteiger partial charge on any atom is -0.368 e. The maximum absolute atomic E-state index is 12.1. The van der Waals surface area contributed by atoms with Crippen LogP contribution >= 0.6 is 24.0 Å². The van der Waals surface area contributed by atoms with E-state index < -0.39 is 0 Å². The van der Waals surface area contributed by atoms with E-state index in [1.165, 1.54) is 6.33 Å². The van der Waals surface area contributed by atoms with Gasteiger partial charge < -0.3 is 20.9 Å². The summed E-state index contributed by atoms with van der Waals surface area (Å²) in [5.41, 5.74) is 0.796. The standard InChI is InChI=1S/C18H29N9O.HI/c1-12(2)17(28)27-8-5-13(10-27)25-18(19-3)21-7-6-20-15-14-9-24-26(4)16(14)23-11-22-15;/h9,11-13H,5-8,10H2,1-4H3,(H2,19,21,25)(H,20,22,23);1H. The van der Waals surface area contributed by atoms with Gasteiger partial charge in [0.2, 0.25) is 5.91 Å². The molecule has 29 heavy (non-hydrogen) atoms. The average molecular weight is 515 g/mol. The largest absolute Gasteiger partial charge is 0.368 e. The summed E-state index contributed by atoms with van der Waals surface area (Å²) in [7, 11) is 3.60. The van der Waals surface area contributed by atoms with Gasteiger partial charge >= 0.3 is 0 Å². The second kappa shape index (κ2) is 10.6. The second-order valence-electron chi connectivity index (χ2n) is 7.22. The Labute approximate surface area is 188 Å². The predicted octanol–water partition coefficient (Wildman–Crippen LogP) is 0.815. The number of likely N-dealkylation sites (tertiary alicyclic amines) is 1. The highest BCUT2D eigenvalue weighted by molar-refractivity contribution is 14.0. The lowest BCUT2D eigenvalue weighted by molar-refractivity contribution is -0.133. The minimum absolute atomic E-state index is 0. The van der Waals surface area contributed by atoms with Gasteiger partial charge in [-0.05, 0) is 6.42 Å². The van der Waals surface area contributed by atoms with Crippen molar-refractivity contribution in [1.82, 2.24) is 35.3 Å². The third-order valence-corrected chi connectivity index (χ3v) is 4.80. The number of fused-ring (bicyclic) bond motifs is 1. The number of hydrogen-bond donors (Lipinski definition) is 3. The zero-order valence-electron chi connectivity index (χ0n) is 17.3. The number of halogens is 1. The van der Waals surface area contributed by atoms with Crippen LogP contribution in [0.2, 0.25) is 0 Å². The Morgan fingerprint density at radius 2 is 2.14 bits per heavy atom. The number of aromatic nitrogens is 4. The third kappa shape index (κ3) is 5.67. The van der Waals surface area contributed by atoms with Crippen LogP contribution in [0.3, 0.4) is 0 Å². The Bertz CT molecular complexity index is 851. The second-order valence-corrected chi connectivity index (χ2v) is 7.22. The van der Waals surface area contributed by atoms with Gasteiger partial charge in [-0.2, -0.15) is 5.10 Å². The molecule has 1 amide bonds. The Hall–Kier alpha value is -2.18. The van der Waals surface area contributed by atoms with Crippen LogP contribution in [0.15, 0.2) is 17.5 Å². The number of anilines is 1. The van der Waals surface area contributed by atoms with Crippen molar-refractivity contribution >= 4 is 52.7 Å². The Morgan fingerprint density at radius 3 is 2.86 bits per heavy atom. The lowest BCUT2D eigenvalue weighted by atomic mass is 10.2. The van der Waals surface area contributed by atoms with Crippen molar-refractivity contribution in [1.29, 1.82) is 0 Å². The number of aryl methyl sites for hydroxylation is 1. The highest BCUT2D eigenvalue weighted by Crippen LogP contribution is 2.17. The van der Waals surface area contributed by atoms with Gasteiger partial charge in [-0.1, -0.05) is 13.8 Å². The number of rotatable bonds is 6. The van der Waals surface area contributed by atoms with Crippen molar-refractivity contribution in [3.05, 3.63) is 12.5 Å². The lowest BCUT2D eigenvalue weighted by Crippen LogP contribution is -2.46. The van der Waals surface area contributed by atoms with Crippen molar-refractivity contribution in [2.75, 3.05) is 38.5 Å². The van der Waals surface area contributed by atoms with Gasteiger partial charge in [0.15, 0.2) is 11.6 Å². The quantitative estimate of drug-likeness (QED) is 0.226. The van der Waals surface area contributed by atoms with Crippen LogP contribution in [0.1, 0.15) is 20.3 Å². The molecule has 0 aromatic carbocycles. The molecule has 3 N–H and O–H groups in total. The molecule has 3 heterocycles. The van der Waals surface area contributed by atoms with Gasteiger partial charge in [0.25, 0.3) is 0 Å². The molecule has 1 atom stereocenters. The molecule has 2 aromatic heterocycles. The zero-order chi connectivity index (χ0) is 20.1. The molecule has 0 saturated carbocycles. The van der Waals surface area contributed by atoms with Crippen LogP contribution in [0.4, 0.5) is 5.82 Å². The minimum atomic E-state index is 0. The fourth-order valence-corrected chi connectivity index (χ4v) is 3.30. The van der Waals surface area contributed by atoms with Crippen LogP contribution in [0, 0.1) is 5.92 Å². The van der Waals surface area contributed by atoms with E-state index in [1.54, 1.807) is 17.9 Å². The monoisotopic (exact) mass is 515 g/mol. The number of carbonyl (C=O) groups is 1. The molecule has 2 aromatic rings. The smallest absolute Gasteiger partial charge is 0.225 e. The normalized spacial score (nSPS) is 16.8. The van der Waals surface area contributed by atoms with E-state index in [-0.39, 0.29) is 41.8 Å². The Balaban J connectivity index is 0.00000300. The van der Waals surface area contributed by atoms with E-state index in [0.717, 1.165) is 42.3 Å². The molecule has 10 nitrogen and oxygen atoms in total. The SMILES string of the molecule is CN=C(NCCNc1ncnc2c1cnn2C)NC1CCN(C(=O)C(C)C)C1.I. The molecule has 0 bridgehead atoms. The highest BCUT2D eigenvalue weighted by atomic mass is 127. The van der Waals surface area contributed by atoms with Gasteiger partial charge in [-0.25, -0.2) is 9.97 Å². The van der Waals surface area contributed by atoms with Crippen LogP contribution < -0.4 is 16.0 Å². The van der Waals surface area contributed by atoms with Crippen molar-refractivity contribution in [2.45, 2.75) is 26.3 Å². The zero-order valence-corrected chi connectivity index (χ0v) is 19.7. The molecule has 0 aliphatic carbocycles. The summed E-state index contributed by atoms with van der Waals surface area (Å²) in [5.74, 6) is 1.75. The molecule has 0 spiro atoms. The van der Waals surface area contributed by atoms with Crippen molar-refractivity contribution in [3.8, 4) is 0 Å². The first-order valence-electron chi connectivity index (χ1n) is 9.62. The van der Waals surface area contributed by atoms with Crippen molar-refractivity contribution in [2.24, 2.45) is 18.0 Å². The maximum Gasteiger partial charge on any atom is 0.225 e. The number of nitrogens with zero attached hydrogens (tertiary/aromatic N) is 6. The first kappa shape index (κ1) is 23.1. The summed E-state index contributed by atoms with van der Waals surface area (Å²) in [6.07, 6.45) is 4.22. The average Bonchev–Trinajstić information content (AvgIpc) is 3.31. The Kier molecular flexibility index (Phi) is 8.41. The first-order chi connectivity index (χ1) is 13.5. The number of carbonyl (C=O) groups excluding carboxylic acids is 1. The van der Waals surface area contributed by atoms with E-state index in [9.17, 15) is 4.79 Å². The Morgan fingerprint density at radius 1 is 1.34 bits per heavy atom. The van der Waals surface area contributed by atoms with Crippen LogP contribution in [-0.2, 0) is 11.8 Å². The summed E-state index contributed by atoms with van der Waals surface area (Å²) < 4.78 is 1.72. The number of hydrogen-bond acceptors (Lipinski definition) is 6. The van der Waals surface area contributed by atoms with Gasteiger partial charge in [-0.3, -0.25) is 14.5 Å². The van der Waals surface area contributed by atoms with E-state index in [2.05, 4.69) is 36.0 Å². The topological polar surface area (TPSA) is 112 Å². The van der Waals surface area contributed by atoms with E-state index in [0.29, 0.717) is 13.1 Å². The molecule has 1 aliphatic rings. The molecule has 160 valence electrons. The van der Waals surface area contributed by atoms with E-state index in [4.69, 9.17) is 0 Å². The molecule has 11 heteroatoms. The lowest BCUT2D eigenvalue weighted by Gasteiger charge is -2.20. The summed E-state index contributed by atoms with van der Waals surface area (Å²) >= 11 is 0. The highest BCUT2D eigenvalue weighted by Gasteiger charge is 2.27. The van der Waals surface area contributed by atoms with Crippen molar-refractivity contribution < 1.29 is 4.79 Å².